The van der Waals surface area contributed by atoms with Gasteiger partial charge in [0.2, 0.25) is 5.91 Å². The molecule has 2 N–H and O–H groups in total. The Morgan fingerprint density at radius 3 is 1.50 bits per heavy atom. The molecule has 0 rings (SSSR count). The van der Waals surface area contributed by atoms with E-state index < -0.39 is 0 Å². The molecule has 0 aromatic rings. The van der Waals surface area contributed by atoms with Crippen molar-refractivity contribution >= 4 is 5.91 Å². The fourth-order valence-corrected chi connectivity index (χ4v) is 2.59. The van der Waals surface area contributed by atoms with Crippen LogP contribution in [0.2, 0.25) is 0 Å². The first kappa shape index (κ1) is 17.1. The molecule has 0 spiro atoms. The van der Waals surface area contributed by atoms with Crippen LogP contribution < -0.4 is 5.73 Å². The fourth-order valence-electron chi connectivity index (χ4n) is 2.59. The smallest absolute Gasteiger partial charge is 0.244 e. The summed E-state index contributed by atoms with van der Waals surface area (Å²) in [7, 11) is 8.19. The zero-order chi connectivity index (χ0) is 14.5. The predicted octanol–water partition coefficient (Wildman–Crippen LogP) is 1.47. The van der Waals surface area contributed by atoms with E-state index in [-0.39, 0.29) is 18.0 Å². The van der Waals surface area contributed by atoms with Gasteiger partial charge in [0.1, 0.15) is 0 Å². The van der Waals surface area contributed by atoms with Crippen LogP contribution in [-0.2, 0) is 4.79 Å². The fraction of sp³-hybridized carbons (Fsp3) is 0.786. The minimum Gasteiger partial charge on any atom is -0.366 e. The highest BCUT2D eigenvalue weighted by atomic mass is 16.1. The summed E-state index contributed by atoms with van der Waals surface area (Å²) in [6.07, 6.45) is 1.94. The van der Waals surface area contributed by atoms with Crippen LogP contribution in [0.15, 0.2) is 11.1 Å². The lowest BCUT2D eigenvalue weighted by atomic mass is 9.89. The number of carbonyl (C=O) groups excluding carboxylic acids is 1. The van der Waals surface area contributed by atoms with Gasteiger partial charge in [-0.1, -0.05) is 13.8 Å². The molecule has 2 unspecified atom stereocenters. The number of hydrogen-bond donors (Lipinski definition) is 1. The first-order valence-corrected chi connectivity index (χ1v) is 6.61. The minimum absolute atomic E-state index is 0.254. The molecule has 0 fully saturated rings. The normalized spacial score (nSPS) is 14.7. The predicted molar refractivity (Wildman–Crippen MR) is 77.4 cm³/mol. The number of amides is 1. The van der Waals surface area contributed by atoms with Crippen molar-refractivity contribution in [2.75, 3.05) is 28.2 Å². The Labute approximate surface area is 112 Å². The van der Waals surface area contributed by atoms with E-state index >= 15 is 0 Å². The van der Waals surface area contributed by atoms with Gasteiger partial charge in [-0.2, -0.15) is 0 Å². The first-order valence-electron chi connectivity index (χ1n) is 6.61. The van der Waals surface area contributed by atoms with Crippen molar-refractivity contribution in [3.63, 3.8) is 0 Å². The maximum absolute atomic E-state index is 11.6. The van der Waals surface area contributed by atoms with Crippen molar-refractivity contribution < 1.29 is 4.79 Å². The highest BCUT2D eigenvalue weighted by Gasteiger charge is 2.27. The van der Waals surface area contributed by atoms with Crippen molar-refractivity contribution in [2.45, 2.75) is 45.7 Å². The lowest BCUT2D eigenvalue weighted by molar-refractivity contribution is -0.114. The van der Waals surface area contributed by atoms with Gasteiger partial charge in [0.15, 0.2) is 0 Å². The molecule has 4 heteroatoms. The van der Waals surface area contributed by atoms with Gasteiger partial charge in [-0.3, -0.25) is 4.79 Å². The molecule has 0 aliphatic carbocycles. The Balaban J connectivity index is 5.70. The third-order valence-corrected chi connectivity index (χ3v) is 3.54. The van der Waals surface area contributed by atoms with Crippen LogP contribution in [0.1, 0.15) is 33.6 Å². The van der Waals surface area contributed by atoms with Crippen molar-refractivity contribution in [1.29, 1.82) is 0 Å². The molecule has 0 bridgehead atoms. The summed E-state index contributed by atoms with van der Waals surface area (Å²) in [5.41, 5.74) is 7.35. The second-order valence-corrected chi connectivity index (χ2v) is 5.22. The van der Waals surface area contributed by atoms with E-state index in [4.69, 9.17) is 5.73 Å². The second-order valence-electron chi connectivity index (χ2n) is 5.22. The molecular formula is C14H29N3O. The van der Waals surface area contributed by atoms with Crippen molar-refractivity contribution in [3.05, 3.63) is 11.1 Å². The van der Waals surface area contributed by atoms with Crippen LogP contribution in [0.25, 0.3) is 0 Å². The summed E-state index contributed by atoms with van der Waals surface area (Å²) < 4.78 is 0. The Kier molecular flexibility index (Phi) is 7.18. The zero-order valence-corrected chi connectivity index (χ0v) is 12.9. The molecule has 4 nitrogen and oxygen atoms in total. The molecular weight excluding hydrogens is 226 g/mol. The topological polar surface area (TPSA) is 49.6 Å². The quantitative estimate of drug-likeness (QED) is 0.701. The minimum atomic E-state index is -0.314. The van der Waals surface area contributed by atoms with Crippen LogP contribution >= 0.6 is 0 Å². The Morgan fingerprint density at radius 1 is 1.00 bits per heavy atom. The van der Waals surface area contributed by atoms with Gasteiger partial charge in [-0.05, 0) is 53.5 Å². The number of primary amides is 1. The van der Waals surface area contributed by atoms with Gasteiger partial charge in [0, 0.05) is 17.7 Å². The van der Waals surface area contributed by atoms with E-state index in [1.807, 2.05) is 35.1 Å². The Hall–Kier alpha value is -0.870. The molecule has 1 amide bonds. The lowest BCUT2D eigenvalue weighted by Crippen LogP contribution is -2.41. The average molecular weight is 255 g/mol. The average Bonchev–Trinajstić information content (AvgIpc) is 2.26. The Morgan fingerprint density at radius 2 is 1.33 bits per heavy atom. The van der Waals surface area contributed by atoms with E-state index in [1.165, 1.54) is 0 Å². The second kappa shape index (κ2) is 7.54. The van der Waals surface area contributed by atoms with Crippen molar-refractivity contribution in [1.82, 2.24) is 9.80 Å². The summed E-state index contributed by atoms with van der Waals surface area (Å²) in [6, 6.07) is 0.509. The standard InChI is InChI=1S/C14H29N3O/c1-8-11(16(4)5)13(10(3)14(15)18)12(9-2)17(6)7/h11-12H,8-9H2,1-7H3,(H2,15,18). The van der Waals surface area contributed by atoms with Crippen molar-refractivity contribution in [3.8, 4) is 0 Å². The van der Waals surface area contributed by atoms with E-state index in [2.05, 4.69) is 23.6 Å². The third-order valence-electron chi connectivity index (χ3n) is 3.54. The van der Waals surface area contributed by atoms with E-state index in [9.17, 15) is 4.79 Å². The zero-order valence-electron chi connectivity index (χ0n) is 12.9. The molecule has 2 atom stereocenters. The van der Waals surface area contributed by atoms with Gasteiger partial charge in [-0.15, -0.1) is 0 Å². The first-order chi connectivity index (χ1) is 8.27. The molecule has 0 saturated carbocycles. The molecule has 0 aliphatic heterocycles. The summed E-state index contributed by atoms with van der Waals surface area (Å²) in [4.78, 5) is 15.9. The van der Waals surface area contributed by atoms with Gasteiger partial charge in [0.25, 0.3) is 0 Å². The van der Waals surface area contributed by atoms with Gasteiger partial charge < -0.3 is 15.5 Å². The van der Waals surface area contributed by atoms with Gasteiger partial charge in [-0.25, -0.2) is 0 Å². The maximum atomic E-state index is 11.6. The highest BCUT2D eigenvalue weighted by molar-refractivity contribution is 5.92. The SMILES string of the molecule is CCC(C(=C(C)C(N)=O)C(CC)N(C)C)N(C)C. The number of nitrogens with zero attached hydrogens (tertiary/aromatic N) is 2. The van der Waals surface area contributed by atoms with Crippen LogP contribution in [-0.4, -0.2) is 56.0 Å². The number of carbonyl (C=O) groups is 1. The highest BCUT2D eigenvalue weighted by Crippen LogP contribution is 2.24. The molecule has 18 heavy (non-hydrogen) atoms. The van der Waals surface area contributed by atoms with E-state index in [1.54, 1.807) is 0 Å². The third kappa shape index (κ3) is 4.10. The number of hydrogen-bond acceptors (Lipinski definition) is 3. The van der Waals surface area contributed by atoms with Crippen LogP contribution in [0.3, 0.4) is 0 Å². The lowest BCUT2D eigenvalue weighted by Gasteiger charge is -2.35. The molecule has 106 valence electrons. The van der Waals surface area contributed by atoms with Crippen LogP contribution in [0.5, 0.6) is 0 Å². The number of rotatable bonds is 7. The van der Waals surface area contributed by atoms with E-state index in [0.717, 1.165) is 18.4 Å². The monoisotopic (exact) mass is 255 g/mol. The number of nitrogens with two attached hydrogens (primary N) is 1. The summed E-state index contributed by atoms with van der Waals surface area (Å²) in [5.74, 6) is -0.314. The van der Waals surface area contributed by atoms with Crippen LogP contribution in [0, 0.1) is 0 Å². The largest absolute Gasteiger partial charge is 0.366 e. The summed E-state index contributed by atoms with van der Waals surface area (Å²) in [5, 5.41) is 0. The maximum Gasteiger partial charge on any atom is 0.244 e. The Bertz CT molecular complexity index is 290. The molecule has 0 radical (unpaired) electrons. The molecule has 0 saturated heterocycles. The summed E-state index contributed by atoms with van der Waals surface area (Å²) >= 11 is 0. The van der Waals surface area contributed by atoms with Gasteiger partial charge >= 0.3 is 0 Å². The molecule has 0 aromatic carbocycles. The van der Waals surface area contributed by atoms with Gasteiger partial charge in [0.05, 0.1) is 0 Å². The van der Waals surface area contributed by atoms with Crippen molar-refractivity contribution in [2.24, 2.45) is 5.73 Å². The number of likely N-dealkylation sites (N-methyl/N-ethyl adjacent to an activating group) is 2. The molecule has 0 aliphatic rings. The van der Waals surface area contributed by atoms with E-state index in [0.29, 0.717) is 5.57 Å². The van der Waals surface area contributed by atoms with Crippen LogP contribution in [0.4, 0.5) is 0 Å². The summed E-state index contributed by atoms with van der Waals surface area (Å²) in [6.45, 7) is 6.12. The molecule has 0 heterocycles. The molecule has 0 aromatic heterocycles.